The Balaban J connectivity index is 1.95. The summed E-state index contributed by atoms with van der Waals surface area (Å²) in [6.07, 6.45) is -2.99. The van der Waals surface area contributed by atoms with E-state index in [1.165, 1.54) is 24.3 Å². The maximum absolute atomic E-state index is 13.1. The van der Waals surface area contributed by atoms with E-state index in [4.69, 9.17) is 4.74 Å². The number of nitrogens with one attached hydrogen (secondary N) is 1. The van der Waals surface area contributed by atoms with E-state index in [-0.39, 0.29) is 17.9 Å². The lowest BCUT2D eigenvalue weighted by Crippen LogP contribution is -2.49. The Kier molecular flexibility index (Phi) is 7.00. The summed E-state index contributed by atoms with van der Waals surface area (Å²) >= 11 is 0. The van der Waals surface area contributed by atoms with Crippen LogP contribution in [0.5, 0.6) is 5.75 Å². The average Bonchev–Trinajstić information content (AvgIpc) is 2.80. The smallest absolute Gasteiger partial charge is 0.416 e. The second-order valence-corrected chi connectivity index (χ2v) is 8.42. The van der Waals surface area contributed by atoms with E-state index >= 15 is 0 Å². The van der Waals surface area contributed by atoms with Gasteiger partial charge in [-0.1, -0.05) is 62.4 Å². The standard InChI is InChI=1S/C26H24F3NO4/c1-4-25(2,3)22(24(32)33)30-23(31)20-14-11-17-7-5-6-8-19(17)21(20)34-15-16-9-12-18(13-10-16)26(27,28)29/h4-14,22H,1,15H2,2-3H3,(H,30,31)(H,32,33). The number of ether oxygens (including phenoxy) is 1. The first kappa shape index (κ1) is 24.8. The van der Waals surface area contributed by atoms with Crippen LogP contribution < -0.4 is 10.1 Å². The van der Waals surface area contributed by atoms with Crippen molar-refractivity contribution in [2.24, 2.45) is 5.41 Å². The number of fused-ring (bicyclic) bond motifs is 1. The van der Waals surface area contributed by atoms with Crippen molar-refractivity contribution in [2.45, 2.75) is 32.7 Å². The van der Waals surface area contributed by atoms with Crippen LogP contribution in [0.1, 0.15) is 35.3 Å². The highest BCUT2D eigenvalue weighted by Gasteiger charge is 2.35. The van der Waals surface area contributed by atoms with Crippen LogP contribution in [0.2, 0.25) is 0 Å². The van der Waals surface area contributed by atoms with E-state index in [1.54, 1.807) is 32.0 Å². The molecule has 178 valence electrons. The summed E-state index contributed by atoms with van der Waals surface area (Å²) in [7, 11) is 0. The fourth-order valence-electron chi connectivity index (χ4n) is 3.42. The van der Waals surface area contributed by atoms with Crippen molar-refractivity contribution in [2.75, 3.05) is 0 Å². The summed E-state index contributed by atoms with van der Waals surface area (Å²) in [5.74, 6) is -1.67. The van der Waals surface area contributed by atoms with E-state index in [1.807, 2.05) is 12.1 Å². The number of benzene rings is 3. The molecule has 0 aliphatic rings. The molecule has 0 fully saturated rings. The van der Waals surface area contributed by atoms with Gasteiger partial charge in [0.2, 0.25) is 0 Å². The Hall–Kier alpha value is -3.81. The molecule has 34 heavy (non-hydrogen) atoms. The number of carboxylic acids is 1. The van der Waals surface area contributed by atoms with E-state index in [0.29, 0.717) is 10.9 Å². The Morgan fingerprint density at radius 1 is 1.06 bits per heavy atom. The summed E-state index contributed by atoms with van der Waals surface area (Å²) in [5, 5.41) is 13.6. The molecule has 1 amide bonds. The minimum atomic E-state index is -4.44. The molecule has 8 heteroatoms. The molecule has 3 aromatic rings. The van der Waals surface area contributed by atoms with Gasteiger partial charge >= 0.3 is 12.1 Å². The molecule has 0 radical (unpaired) electrons. The third kappa shape index (κ3) is 5.39. The summed E-state index contributed by atoms with van der Waals surface area (Å²) in [6.45, 7) is 6.84. The van der Waals surface area contributed by atoms with Gasteiger partial charge in [0, 0.05) is 10.8 Å². The van der Waals surface area contributed by atoms with Crippen LogP contribution in [-0.2, 0) is 17.6 Å². The van der Waals surface area contributed by atoms with E-state index in [2.05, 4.69) is 11.9 Å². The molecule has 5 nitrogen and oxygen atoms in total. The molecule has 3 rings (SSSR count). The lowest BCUT2D eigenvalue weighted by molar-refractivity contribution is -0.141. The van der Waals surface area contributed by atoms with Crippen molar-refractivity contribution in [1.29, 1.82) is 0 Å². The summed E-state index contributed by atoms with van der Waals surface area (Å²) in [5.41, 5.74) is -1.12. The first-order valence-electron chi connectivity index (χ1n) is 10.4. The van der Waals surface area contributed by atoms with Gasteiger partial charge in [0.15, 0.2) is 0 Å². The molecule has 0 spiro atoms. The topological polar surface area (TPSA) is 75.6 Å². The quantitative estimate of drug-likeness (QED) is 0.405. The Bertz CT molecular complexity index is 1220. The summed E-state index contributed by atoms with van der Waals surface area (Å²) in [6, 6.07) is 13.7. The predicted octanol–water partition coefficient (Wildman–Crippen LogP) is 5.83. The van der Waals surface area contributed by atoms with E-state index in [0.717, 1.165) is 17.5 Å². The number of rotatable bonds is 8. The maximum atomic E-state index is 13.1. The number of carboxylic acid groups (broad SMARTS) is 1. The number of amides is 1. The molecule has 0 aromatic heterocycles. The van der Waals surface area contributed by atoms with Crippen molar-refractivity contribution in [3.8, 4) is 5.75 Å². The second kappa shape index (κ2) is 9.59. The fraction of sp³-hybridized carbons (Fsp3) is 0.231. The Morgan fingerprint density at radius 2 is 1.71 bits per heavy atom. The minimum absolute atomic E-state index is 0.0903. The monoisotopic (exact) mass is 471 g/mol. The second-order valence-electron chi connectivity index (χ2n) is 8.42. The first-order chi connectivity index (χ1) is 15.9. The third-order valence-electron chi connectivity index (χ3n) is 5.58. The highest BCUT2D eigenvalue weighted by molar-refractivity contribution is 6.05. The van der Waals surface area contributed by atoms with Gasteiger partial charge in [0.05, 0.1) is 11.1 Å². The van der Waals surface area contributed by atoms with Crippen molar-refractivity contribution in [1.82, 2.24) is 5.32 Å². The highest BCUT2D eigenvalue weighted by Crippen LogP contribution is 2.33. The molecule has 3 aromatic carbocycles. The van der Waals surface area contributed by atoms with E-state index in [9.17, 15) is 27.9 Å². The lowest BCUT2D eigenvalue weighted by Gasteiger charge is -2.29. The van der Waals surface area contributed by atoms with Gasteiger partial charge in [0.1, 0.15) is 18.4 Å². The van der Waals surface area contributed by atoms with Crippen molar-refractivity contribution in [3.63, 3.8) is 0 Å². The zero-order valence-electron chi connectivity index (χ0n) is 18.6. The SMILES string of the molecule is C=CC(C)(C)C(NC(=O)c1ccc2ccccc2c1OCc1ccc(C(F)(F)F)cc1)C(=O)O. The zero-order valence-corrected chi connectivity index (χ0v) is 18.6. The Morgan fingerprint density at radius 3 is 2.29 bits per heavy atom. The molecule has 2 N–H and O–H groups in total. The van der Waals surface area contributed by atoms with E-state index < -0.39 is 35.1 Å². The number of carbonyl (C=O) groups is 2. The van der Waals surface area contributed by atoms with Crippen molar-refractivity contribution in [3.05, 3.63) is 90.0 Å². The highest BCUT2D eigenvalue weighted by atomic mass is 19.4. The number of halogens is 3. The number of hydrogen-bond acceptors (Lipinski definition) is 3. The number of alkyl halides is 3. The van der Waals surface area contributed by atoms with Gasteiger partial charge in [0.25, 0.3) is 5.91 Å². The molecule has 0 saturated carbocycles. The normalized spacial score (nSPS) is 12.7. The Labute approximate surface area is 194 Å². The molecular weight excluding hydrogens is 447 g/mol. The maximum Gasteiger partial charge on any atom is 0.416 e. The van der Waals surface area contributed by atoms with Gasteiger partial charge < -0.3 is 15.2 Å². The van der Waals surface area contributed by atoms with Crippen LogP contribution in [0.25, 0.3) is 10.8 Å². The molecule has 1 atom stereocenters. The molecule has 0 heterocycles. The van der Waals surface area contributed by atoms with Crippen LogP contribution in [0.3, 0.4) is 0 Å². The van der Waals surface area contributed by atoms with Gasteiger partial charge in [-0.2, -0.15) is 13.2 Å². The van der Waals surface area contributed by atoms with Crippen LogP contribution in [0.15, 0.2) is 73.3 Å². The van der Waals surface area contributed by atoms with Gasteiger partial charge in [-0.05, 0) is 29.1 Å². The summed E-state index contributed by atoms with van der Waals surface area (Å²) in [4.78, 5) is 24.9. The lowest BCUT2D eigenvalue weighted by atomic mass is 9.84. The van der Waals surface area contributed by atoms with Crippen molar-refractivity contribution < 1.29 is 32.6 Å². The number of carbonyl (C=O) groups excluding carboxylic acids is 1. The minimum Gasteiger partial charge on any atom is -0.487 e. The van der Waals surface area contributed by atoms with Gasteiger partial charge in [-0.15, -0.1) is 6.58 Å². The number of aliphatic carboxylic acids is 1. The zero-order chi connectivity index (χ0) is 25.1. The van der Waals surface area contributed by atoms with Gasteiger partial charge in [-0.3, -0.25) is 4.79 Å². The molecule has 0 aliphatic heterocycles. The first-order valence-corrected chi connectivity index (χ1v) is 10.4. The molecular formula is C26H24F3NO4. The largest absolute Gasteiger partial charge is 0.487 e. The van der Waals surface area contributed by atoms with Gasteiger partial charge in [-0.25, -0.2) is 4.79 Å². The molecule has 0 aliphatic carbocycles. The summed E-state index contributed by atoms with van der Waals surface area (Å²) < 4.78 is 44.4. The fourth-order valence-corrected chi connectivity index (χ4v) is 3.42. The predicted molar refractivity (Wildman–Crippen MR) is 123 cm³/mol. The molecule has 0 saturated heterocycles. The molecule has 1 unspecified atom stereocenters. The third-order valence-corrected chi connectivity index (χ3v) is 5.58. The molecule has 0 bridgehead atoms. The average molecular weight is 471 g/mol. The number of hydrogen-bond donors (Lipinski definition) is 2. The van der Waals surface area contributed by atoms with Crippen LogP contribution in [0.4, 0.5) is 13.2 Å². The van der Waals surface area contributed by atoms with Crippen LogP contribution in [0, 0.1) is 5.41 Å². The van der Waals surface area contributed by atoms with Crippen molar-refractivity contribution >= 4 is 22.6 Å². The van der Waals surface area contributed by atoms with Crippen LogP contribution in [-0.4, -0.2) is 23.0 Å². The van der Waals surface area contributed by atoms with Crippen LogP contribution >= 0.6 is 0 Å².